The highest BCUT2D eigenvalue weighted by molar-refractivity contribution is 9.10. The molecule has 0 aliphatic rings. The van der Waals surface area contributed by atoms with Crippen molar-refractivity contribution in [3.63, 3.8) is 0 Å². The van der Waals surface area contributed by atoms with Crippen LogP contribution in [0.1, 0.15) is 43.4 Å². The molecule has 2 aromatic heterocycles. The Kier molecular flexibility index (Phi) is 8.07. The number of carbonyl (C=O) groups is 2. The fraction of sp³-hybridized carbons (Fsp3) is 0.259. The van der Waals surface area contributed by atoms with Crippen molar-refractivity contribution < 1.29 is 22.8 Å². The van der Waals surface area contributed by atoms with Crippen LogP contribution in [0.3, 0.4) is 0 Å². The van der Waals surface area contributed by atoms with Crippen LogP contribution in [0.15, 0.2) is 53.0 Å². The average Bonchev–Trinajstić information content (AvgIpc) is 3.14. The number of hydrogen-bond acceptors (Lipinski definition) is 5. The number of carbonyl (C=O) groups excluding carboxylic acids is 2. The number of anilines is 1. The van der Waals surface area contributed by atoms with Crippen LogP contribution in [0.2, 0.25) is 0 Å². The van der Waals surface area contributed by atoms with Gasteiger partial charge in [0.05, 0.1) is 34.7 Å². The predicted octanol–water partition coefficient (Wildman–Crippen LogP) is 5.16. The molecule has 0 fully saturated rings. The van der Waals surface area contributed by atoms with Crippen molar-refractivity contribution in [1.82, 2.24) is 19.7 Å². The van der Waals surface area contributed by atoms with Gasteiger partial charge in [-0.05, 0) is 55.8 Å². The zero-order chi connectivity index (χ0) is 28.5. The van der Waals surface area contributed by atoms with Crippen LogP contribution in [0.5, 0.6) is 0 Å². The summed E-state index contributed by atoms with van der Waals surface area (Å²) in [5, 5.41) is 7.54. The molecule has 2 amide bonds. The fourth-order valence-corrected chi connectivity index (χ4v) is 4.55. The second-order valence-electron chi connectivity index (χ2n) is 9.08. The molecule has 0 radical (unpaired) electrons. The number of nitrogens with zero attached hydrogens (tertiary/aromatic N) is 4. The van der Waals surface area contributed by atoms with E-state index in [1.807, 2.05) is 12.1 Å². The molecule has 0 unspecified atom stereocenters. The third-order valence-electron chi connectivity index (χ3n) is 6.27. The summed E-state index contributed by atoms with van der Waals surface area (Å²) in [6.07, 6.45) is -4.72. The van der Waals surface area contributed by atoms with Crippen LogP contribution in [-0.4, -0.2) is 51.6 Å². The molecule has 0 atom stereocenters. The number of fused-ring (bicyclic) bond motifs is 1. The molecule has 0 aliphatic carbocycles. The minimum Gasteiger partial charge on any atom is -0.340 e. The molecule has 12 heteroatoms. The van der Waals surface area contributed by atoms with Gasteiger partial charge in [0.2, 0.25) is 0 Å². The number of likely N-dealkylation sites (N-methyl/N-ethyl adjacent to an activating group) is 1. The van der Waals surface area contributed by atoms with E-state index in [0.717, 1.165) is 11.6 Å². The number of amides is 2. The summed E-state index contributed by atoms with van der Waals surface area (Å²) >= 11 is 3.30. The van der Waals surface area contributed by atoms with Crippen molar-refractivity contribution in [2.75, 3.05) is 25.5 Å². The minimum atomic E-state index is -4.72. The van der Waals surface area contributed by atoms with E-state index in [9.17, 15) is 22.8 Å². The van der Waals surface area contributed by atoms with Crippen LogP contribution in [0, 0.1) is 13.8 Å². The van der Waals surface area contributed by atoms with E-state index in [4.69, 9.17) is 5.73 Å². The van der Waals surface area contributed by atoms with Gasteiger partial charge in [0.1, 0.15) is 5.69 Å². The first-order chi connectivity index (χ1) is 18.4. The smallest absolute Gasteiger partial charge is 0.340 e. The summed E-state index contributed by atoms with van der Waals surface area (Å²) in [5.74, 6) is -0.839. The summed E-state index contributed by atoms with van der Waals surface area (Å²) in [5.41, 5.74) is 7.21. The van der Waals surface area contributed by atoms with Gasteiger partial charge in [0.25, 0.3) is 11.8 Å². The first-order valence-corrected chi connectivity index (χ1v) is 12.8. The first-order valence-electron chi connectivity index (χ1n) is 12.0. The van der Waals surface area contributed by atoms with Crippen LogP contribution in [-0.2, 0) is 12.7 Å². The Morgan fingerprint density at radius 3 is 2.44 bits per heavy atom. The largest absolute Gasteiger partial charge is 0.433 e. The Morgan fingerprint density at radius 2 is 1.79 bits per heavy atom. The van der Waals surface area contributed by atoms with Crippen LogP contribution >= 0.6 is 15.9 Å². The molecule has 0 saturated heterocycles. The molecule has 0 spiro atoms. The first kappa shape index (κ1) is 28.2. The summed E-state index contributed by atoms with van der Waals surface area (Å²) in [6.45, 7) is 4.65. The number of aryl methyl sites for hydroxylation is 1. The maximum Gasteiger partial charge on any atom is 0.433 e. The molecule has 4 rings (SSSR count). The maximum atomic E-state index is 13.5. The minimum absolute atomic E-state index is 0.0541. The molecule has 0 aliphatic heterocycles. The van der Waals surface area contributed by atoms with Crippen LogP contribution < -0.4 is 11.1 Å². The normalized spacial score (nSPS) is 11.6. The third-order valence-corrected chi connectivity index (χ3v) is 6.76. The van der Waals surface area contributed by atoms with E-state index < -0.39 is 17.8 Å². The van der Waals surface area contributed by atoms with Gasteiger partial charge in [0.15, 0.2) is 0 Å². The summed E-state index contributed by atoms with van der Waals surface area (Å²) in [6, 6.07) is 12.4. The van der Waals surface area contributed by atoms with Gasteiger partial charge in [-0.25, -0.2) is 4.98 Å². The molecule has 4 aromatic rings. The summed E-state index contributed by atoms with van der Waals surface area (Å²) < 4.78 is 42.8. The molecular formula is C27H26BrF3N6O2. The lowest BCUT2D eigenvalue weighted by Gasteiger charge is -2.16. The van der Waals surface area contributed by atoms with Gasteiger partial charge < -0.3 is 16.0 Å². The van der Waals surface area contributed by atoms with E-state index in [0.29, 0.717) is 46.7 Å². The molecule has 3 N–H and O–H groups in total. The van der Waals surface area contributed by atoms with Crippen molar-refractivity contribution in [3.05, 3.63) is 86.8 Å². The molecule has 2 aromatic carbocycles. The van der Waals surface area contributed by atoms with Crippen molar-refractivity contribution in [1.29, 1.82) is 0 Å². The van der Waals surface area contributed by atoms with Gasteiger partial charge in [0, 0.05) is 35.6 Å². The molecule has 8 nitrogen and oxygen atoms in total. The summed E-state index contributed by atoms with van der Waals surface area (Å²) in [7, 11) is 1.69. The third kappa shape index (κ3) is 6.12. The lowest BCUT2D eigenvalue weighted by Crippen LogP contribution is -2.31. The SMILES string of the molecule is Cc1nn(Cc2ccc(C(=O)N(C)CCN)cc2)c(C)c1NC(=O)c1cc(C(F)(F)F)nc2ccc(Br)cc12. The van der Waals surface area contributed by atoms with Crippen molar-refractivity contribution in [2.45, 2.75) is 26.6 Å². The zero-order valence-corrected chi connectivity index (χ0v) is 23.0. The number of halogens is 4. The van der Waals surface area contributed by atoms with E-state index in [-0.39, 0.29) is 22.4 Å². The van der Waals surface area contributed by atoms with E-state index in [1.54, 1.807) is 54.7 Å². The highest BCUT2D eigenvalue weighted by Crippen LogP contribution is 2.32. The van der Waals surface area contributed by atoms with Crippen LogP contribution in [0.25, 0.3) is 10.9 Å². The van der Waals surface area contributed by atoms with Crippen molar-refractivity contribution in [3.8, 4) is 0 Å². The number of hydrogen-bond donors (Lipinski definition) is 2. The van der Waals surface area contributed by atoms with E-state index in [2.05, 4.69) is 31.3 Å². The molecule has 0 bridgehead atoms. The Morgan fingerprint density at radius 1 is 1.10 bits per heavy atom. The Bertz CT molecular complexity index is 1550. The van der Waals surface area contributed by atoms with Gasteiger partial charge in [-0.15, -0.1) is 0 Å². The maximum absolute atomic E-state index is 13.5. The second kappa shape index (κ2) is 11.1. The molecule has 39 heavy (non-hydrogen) atoms. The highest BCUT2D eigenvalue weighted by Gasteiger charge is 2.34. The predicted molar refractivity (Wildman–Crippen MR) is 146 cm³/mol. The van der Waals surface area contributed by atoms with Gasteiger partial charge >= 0.3 is 6.18 Å². The quantitative estimate of drug-likeness (QED) is 0.304. The number of nitrogens with two attached hydrogens (primary N) is 1. The second-order valence-corrected chi connectivity index (χ2v) is 10.00. The number of alkyl halides is 3. The highest BCUT2D eigenvalue weighted by atomic mass is 79.9. The fourth-order valence-electron chi connectivity index (χ4n) is 4.18. The lowest BCUT2D eigenvalue weighted by atomic mass is 10.1. The van der Waals surface area contributed by atoms with Gasteiger partial charge in [-0.1, -0.05) is 28.1 Å². The Hall–Kier alpha value is -3.77. The number of aromatic nitrogens is 3. The number of rotatable bonds is 7. The average molecular weight is 603 g/mol. The number of benzene rings is 2. The molecule has 0 saturated carbocycles. The van der Waals surface area contributed by atoms with Crippen molar-refractivity contribution >= 4 is 44.3 Å². The standard InChI is InChI=1S/C27H26BrF3N6O2/c1-15-24(16(2)37(35-15)14-17-4-6-18(7-5-17)26(39)36(3)11-10-32)34-25(38)21-13-23(27(29,30)31)33-22-9-8-19(28)12-20(21)22/h4-9,12-13H,10-11,14,32H2,1-3H3,(H,34,38). The van der Waals surface area contributed by atoms with Crippen LogP contribution in [0.4, 0.5) is 18.9 Å². The summed E-state index contributed by atoms with van der Waals surface area (Å²) in [4.78, 5) is 31.0. The number of pyridine rings is 1. The molecule has 2 heterocycles. The van der Waals surface area contributed by atoms with E-state index in [1.165, 1.54) is 6.07 Å². The van der Waals surface area contributed by atoms with E-state index >= 15 is 0 Å². The Labute approximate surface area is 231 Å². The van der Waals surface area contributed by atoms with Gasteiger partial charge in [-0.2, -0.15) is 18.3 Å². The lowest BCUT2D eigenvalue weighted by molar-refractivity contribution is -0.141. The topological polar surface area (TPSA) is 106 Å². The molecular weight excluding hydrogens is 577 g/mol. The van der Waals surface area contributed by atoms with Gasteiger partial charge in [-0.3, -0.25) is 14.3 Å². The monoisotopic (exact) mass is 602 g/mol. The van der Waals surface area contributed by atoms with Crippen molar-refractivity contribution in [2.24, 2.45) is 5.73 Å². The number of nitrogens with one attached hydrogen (secondary N) is 1. The zero-order valence-electron chi connectivity index (χ0n) is 21.4. The molecule has 204 valence electrons. The Balaban J connectivity index is 1.59.